The molecule has 2 aromatic carbocycles. The molecule has 0 atom stereocenters. The molecule has 1 aliphatic rings. The smallest absolute Gasteiger partial charge is 0.256 e. The normalized spacial score (nSPS) is 14.2. The molecular weight excluding hydrogens is 347 g/mol. The minimum atomic E-state index is -0.523. The molecule has 0 unspecified atom stereocenters. The lowest BCUT2D eigenvalue weighted by Gasteiger charge is -2.35. The molecule has 1 fully saturated rings. The Bertz CT molecular complexity index is 874. The van der Waals surface area contributed by atoms with Crippen LogP contribution in [0.25, 0.3) is 0 Å². The van der Waals surface area contributed by atoms with Crippen molar-refractivity contribution >= 4 is 11.8 Å². The molecule has 0 N–H and O–H groups in total. The van der Waals surface area contributed by atoms with Gasteiger partial charge in [0.25, 0.3) is 11.8 Å². The van der Waals surface area contributed by atoms with E-state index in [1.54, 1.807) is 29.0 Å². The number of benzene rings is 2. The van der Waals surface area contributed by atoms with Crippen molar-refractivity contribution in [2.24, 2.45) is 0 Å². The molecule has 142 valence electrons. The van der Waals surface area contributed by atoms with Crippen LogP contribution >= 0.6 is 0 Å². The first kappa shape index (κ1) is 18.9. The summed E-state index contributed by atoms with van der Waals surface area (Å²) in [7, 11) is 1.61. The van der Waals surface area contributed by atoms with Crippen molar-refractivity contribution in [1.29, 1.82) is 0 Å². The lowest BCUT2D eigenvalue weighted by atomic mass is 10.0. The van der Waals surface area contributed by atoms with Crippen molar-refractivity contribution in [3.8, 4) is 5.75 Å². The summed E-state index contributed by atoms with van der Waals surface area (Å²) in [5.41, 5.74) is 2.47. The van der Waals surface area contributed by atoms with Crippen LogP contribution in [0.15, 0.2) is 36.4 Å². The lowest BCUT2D eigenvalue weighted by Crippen LogP contribution is -2.50. The fourth-order valence-electron chi connectivity index (χ4n) is 3.33. The van der Waals surface area contributed by atoms with Crippen LogP contribution in [0.4, 0.5) is 4.39 Å². The Morgan fingerprint density at radius 2 is 1.44 bits per heavy atom. The predicted molar refractivity (Wildman–Crippen MR) is 101 cm³/mol. The number of hydrogen-bond acceptors (Lipinski definition) is 3. The van der Waals surface area contributed by atoms with Crippen LogP contribution in [0.3, 0.4) is 0 Å². The zero-order valence-corrected chi connectivity index (χ0v) is 15.8. The van der Waals surface area contributed by atoms with Crippen LogP contribution in [-0.4, -0.2) is 54.9 Å². The molecule has 2 amide bonds. The number of piperazine rings is 1. The summed E-state index contributed by atoms with van der Waals surface area (Å²) < 4.78 is 19.1. The summed E-state index contributed by atoms with van der Waals surface area (Å²) in [5.74, 6) is -0.164. The minimum Gasteiger partial charge on any atom is -0.496 e. The number of carbonyl (C=O) groups is 2. The van der Waals surface area contributed by atoms with E-state index in [-0.39, 0.29) is 17.4 Å². The van der Waals surface area contributed by atoms with Gasteiger partial charge in [-0.25, -0.2) is 4.39 Å². The molecule has 6 heteroatoms. The average molecular weight is 370 g/mol. The van der Waals surface area contributed by atoms with E-state index < -0.39 is 5.82 Å². The Morgan fingerprint density at radius 3 is 2.00 bits per heavy atom. The molecule has 5 nitrogen and oxygen atoms in total. The molecule has 1 saturated heterocycles. The Morgan fingerprint density at radius 1 is 0.889 bits per heavy atom. The van der Waals surface area contributed by atoms with Gasteiger partial charge in [-0.2, -0.15) is 0 Å². The Labute approximate surface area is 158 Å². The third-order valence-corrected chi connectivity index (χ3v) is 4.93. The standard InChI is InChI=1S/C21H23FN2O3/c1-14-13-19(27-3)15(2)12-17(14)21(26)24-10-8-23(9-11-24)20(25)16-6-4-5-7-18(16)22/h4-7,12-13H,8-11H2,1-3H3. The Balaban J connectivity index is 1.69. The number of rotatable bonds is 3. The fraction of sp³-hybridized carbons (Fsp3) is 0.333. The van der Waals surface area contributed by atoms with Crippen LogP contribution in [0.5, 0.6) is 5.75 Å². The van der Waals surface area contributed by atoms with Crippen molar-refractivity contribution in [2.45, 2.75) is 13.8 Å². The molecule has 0 radical (unpaired) electrons. The Kier molecular flexibility index (Phi) is 5.44. The van der Waals surface area contributed by atoms with E-state index in [9.17, 15) is 14.0 Å². The molecular formula is C21H23FN2O3. The van der Waals surface area contributed by atoms with Gasteiger partial charge in [0.15, 0.2) is 0 Å². The molecule has 0 spiro atoms. The molecule has 27 heavy (non-hydrogen) atoms. The van der Waals surface area contributed by atoms with Crippen molar-refractivity contribution in [1.82, 2.24) is 9.80 Å². The maximum atomic E-state index is 13.8. The maximum Gasteiger partial charge on any atom is 0.256 e. The molecule has 1 heterocycles. The summed E-state index contributed by atoms with van der Waals surface area (Å²) in [6, 6.07) is 9.67. The van der Waals surface area contributed by atoms with Crippen molar-refractivity contribution in [2.75, 3.05) is 33.3 Å². The first-order chi connectivity index (χ1) is 12.9. The second-order valence-corrected chi connectivity index (χ2v) is 6.70. The molecule has 0 bridgehead atoms. The number of halogens is 1. The van der Waals surface area contributed by atoms with Gasteiger partial charge in [0, 0.05) is 31.7 Å². The number of methoxy groups -OCH3 is 1. The van der Waals surface area contributed by atoms with Gasteiger partial charge in [0.2, 0.25) is 0 Å². The quantitative estimate of drug-likeness (QED) is 0.834. The minimum absolute atomic E-state index is 0.0590. The predicted octanol–water partition coefficient (Wildman–Crippen LogP) is 3.05. The van der Waals surface area contributed by atoms with Gasteiger partial charge >= 0.3 is 0 Å². The molecule has 3 rings (SSSR count). The first-order valence-corrected chi connectivity index (χ1v) is 8.90. The SMILES string of the molecule is COc1cc(C)c(C(=O)N2CCN(C(=O)c3ccccc3F)CC2)cc1C. The molecule has 0 aliphatic carbocycles. The maximum absolute atomic E-state index is 13.8. The summed E-state index contributed by atoms with van der Waals surface area (Å²) in [5, 5.41) is 0. The highest BCUT2D eigenvalue weighted by Gasteiger charge is 2.27. The molecule has 2 aromatic rings. The second-order valence-electron chi connectivity index (χ2n) is 6.70. The number of carbonyl (C=O) groups excluding carboxylic acids is 2. The van der Waals surface area contributed by atoms with Gasteiger partial charge in [-0.3, -0.25) is 9.59 Å². The van der Waals surface area contributed by atoms with Crippen LogP contribution < -0.4 is 4.74 Å². The van der Waals surface area contributed by atoms with E-state index >= 15 is 0 Å². The highest BCUT2D eigenvalue weighted by molar-refractivity contribution is 5.97. The summed E-state index contributed by atoms with van der Waals surface area (Å²) >= 11 is 0. The van der Waals surface area contributed by atoms with E-state index in [1.807, 2.05) is 26.0 Å². The van der Waals surface area contributed by atoms with Crippen molar-refractivity contribution in [3.63, 3.8) is 0 Å². The molecule has 1 aliphatic heterocycles. The number of amides is 2. The molecule has 0 aromatic heterocycles. The molecule has 0 saturated carbocycles. The van der Waals surface area contributed by atoms with Crippen molar-refractivity contribution in [3.05, 3.63) is 64.5 Å². The lowest BCUT2D eigenvalue weighted by molar-refractivity contribution is 0.0532. The van der Waals surface area contributed by atoms with Gasteiger partial charge < -0.3 is 14.5 Å². The van der Waals surface area contributed by atoms with E-state index in [0.29, 0.717) is 31.7 Å². The topological polar surface area (TPSA) is 49.9 Å². The number of ether oxygens (including phenoxy) is 1. The van der Waals surface area contributed by atoms with E-state index in [4.69, 9.17) is 4.74 Å². The van der Waals surface area contributed by atoms with Gasteiger partial charge in [0.1, 0.15) is 11.6 Å². The van der Waals surface area contributed by atoms with Crippen LogP contribution in [-0.2, 0) is 0 Å². The van der Waals surface area contributed by atoms with Crippen LogP contribution in [0.2, 0.25) is 0 Å². The van der Waals surface area contributed by atoms with Gasteiger partial charge in [-0.1, -0.05) is 12.1 Å². The van der Waals surface area contributed by atoms with E-state index in [1.165, 1.54) is 12.1 Å². The monoisotopic (exact) mass is 370 g/mol. The third kappa shape index (κ3) is 3.79. The summed E-state index contributed by atoms with van der Waals surface area (Å²) in [4.78, 5) is 28.7. The van der Waals surface area contributed by atoms with Crippen LogP contribution in [0.1, 0.15) is 31.8 Å². The number of nitrogens with zero attached hydrogens (tertiary/aromatic N) is 2. The third-order valence-electron chi connectivity index (χ3n) is 4.93. The number of aryl methyl sites for hydroxylation is 2. The number of hydrogen-bond donors (Lipinski definition) is 0. The zero-order valence-electron chi connectivity index (χ0n) is 15.8. The largest absolute Gasteiger partial charge is 0.496 e. The highest BCUT2D eigenvalue weighted by Crippen LogP contribution is 2.24. The average Bonchev–Trinajstić information content (AvgIpc) is 2.69. The Hall–Kier alpha value is -2.89. The second kappa shape index (κ2) is 7.78. The van der Waals surface area contributed by atoms with E-state index in [0.717, 1.165) is 16.9 Å². The summed E-state index contributed by atoms with van der Waals surface area (Å²) in [6.07, 6.45) is 0. The summed E-state index contributed by atoms with van der Waals surface area (Å²) in [6.45, 7) is 5.39. The van der Waals surface area contributed by atoms with Crippen LogP contribution in [0, 0.1) is 19.7 Å². The zero-order chi connectivity index (χ0) is 19.6. The highest BCUT2D eigenvalue weighted by atomic mass is 19.1. The van der Waals surface area contributed by atoms with Crippen molar-refractivity contribution < 1.29 is 18.7 Å². The van der Waals surface area contributed by atoms with Gasteiger partial charge in [0.05, 0.1) is 12.7 Å². The first-order valence-electron chi connectivity index (χ1n) is 8.90. The van der Waals surface area contributed by atoms with Gasteiger partial charge in [-0.05, 0) is 49.2 Å². The fourth-order valence-corrected chi connectivity index (χ4v) is 3.33. The van der Waals surface area contributed by atoms with E-state index in [2.05, 4.69) is 0 Å². The van der Waals surface area contributed by atoms with Gasteiger partial charge in [-0.15, -0.1) is 0 Å².